The lowest BCUT2D eigenvalue weighted by molar-refractivity contribution is -0.384. The van der Waals surface area contributed by atoms with Crippen molar-refractivity contribution < 1.29 is 14.5 Å². The Balaban J connectivity index is 1.85. The Hall–Kier alpha value is -4.00. The van der Waals surface area contributed by atoms with E-state index in [1.54, 1.807) is 13.8 Å². The quantitative estimate of drug-likeness (QED) is 0.390. The van der Waals surface area contributed by atoms with Gasteiger partial charge in [-0.2, -0.15) is 0 Å². The molecule has 3 aromatic carbocycles. The molecule has 150 valence electrons. The summed E-state index contributed by atoms with van der Waals surface area (Å²) < 4.78 is 0. The van der Waals surface area contributed by atoms with Gasteiger partial charge in [-0.25, -0.2) is 0 Å². The zero-order valence-electron chi connectivity index (χ0n) is 16.5. The van der Waals surface area contributed by atoms with Crippen LogP contribution in [0.2, 0.25) is 0 Å². The Bertz CT molecular complexity index is 1210. The number of imide groups is 1. The molecule has 1 aliphatic rings. The van der Waals surface area contributed by atoms with Gasteiger partial charge in [0.15, 0.2) is 0 Å². The number of carbonyl (C=O) groups excluding carboxylic acids is 2. The van der Waals surface area contributed by atoms with Crippen LogP contribution in [0.1, 0.15) is 19.4 Å². The summed E-state index contributed by atoms with van der Waals surface area (Å²) in [5.41, 5.74) is 1.44. The number of nitrogens with zero attached hydrogens (tertiary/aromatic N) is 2. The zero-order chi connectivity index (χ0) is 21.4. The van der Waals surface area contributed by atoms with Crippen LogP contribution in [0.15, 0.2) is 72.4 Å². The van der Waals surface area contributed by atoms with Crippen molar-refractivity contribution in [2.45, 2.75) is 19.9 Å². The second-order valence-corrected chi connectivity index (χ2v) is 7.28. The first-order chi connectivity index (χ1) is 14.4. The van der Waals surface area contributed by atoms with Crippen molar-refractivity contribution in [3.8, 4) is 0 Å². The monoisotopic (exact) mass is 401 g/mol. The van der Waals surface area contributed by atoms with Gasteiger partial charge in [0, 0.05) is 29.2 Å². The Morgan fingerprint density at radius 1 is 0.900 bits per heavy atom. The molecule has 0 fully saturated rings. The van der Waals surface area contributed by atoms with Crippen LogP contribution in [0.25, 0.3) is 16.3 Å². The molecule has 0 unspecified atom stereocenters. The molecule has 0 saturated heterocycles. The molecular formula is C23H19N3O4. The van der Waals surface area contributed by atoms with E-state index < -0.39 is 16.7 Å². The van der Waals surface area contributed by atoms with E-state index in [1.165, 1.54) is 29.2 Å². The molecule has 0 aliphatic carbocycles. The molecule has 1 heterocycles. The van der Waals surface area contributed by atoms with Crippen LogP contribution in [-0.2, 0) is 9.59 Å². The second kappa shape index (κ2) is 7.44. The fraction of sp³-hybridized carbons (Fsp3) is 0.130. The molecule has 7 nitrogen and oxygen atoms in total. The highest BCUT2D eigenvalue weighted by molar-refractivity contribution is 6.36. The van der Waals surface area contributed by atoms with Crippen LogP contribution in [-0.4, -0.2) is 27.7 Å². The fourth-order valence-electron chi connectivity index (χ4n) is 3.62. The van der Waals surface area contributed by atoms with Gasteiger partial charge in [-0.1, -0.05) is 36.4 Å². The lowest BCUT2D eigenvalue weighted by Crippen LogP contribution is -2.38. The topological polar surface area (TPSA) is 92.6 Å². The number of anilines is 1. The van der Waals surface area contributed by atoms with Gasteiger partial charge >= 0.3 is 0 Å². The van der Waals surface area contributed by atoms with E-state index in [4.69, 9.17) is 0 Å². The van der Waals surface area contributed by atoms with Crippen molar-refractivity contribution in [2.75, 3.05) is 5.32 Å². The van der Waals surface area contributed by atoms with E-state index in [0.717, 1.165) is 10.8 Å². The van der Waals surface area contributed by atoms with Crippen LogP contribution in [0.4, 0.5) is 11.4 Å². The minimum absolute atomic E-state index is 0.0830. The number of rotatable bonds is 5. The van der Waals surface area contributed by atoms with Gasteiger partial charge in [0.05, 0.1) is 10.5 Å². The Morgan fingerprint density at radius 3 is 2.23 bits per heavy atom. The molecule has 3 aromatic rings. The lowest BCUT2D eigenvalue weighted by atomic mass is 10.0. The molecular weight excluding hydrogens is 382 g/mol. The van der Waals surface area contributed by atoms with Gasteiger partial charge in [0.25, 0.3) is 17.5 Å². The summed E-state index contributed by atoms with van der Waals surface area (Å²) in [6.45, 7) is 3.54. The molecule has 1 aliphatic heterocycles. The highest BCUT2D eigenvalue weighted by atomic mass is 16.6. The summed E-state index contributed by atoms with van der Waals surface area (Å²) in [7, 11) is 0. The largest absolute Gasteiger partial charge is 0.350 e. The molecule has 0 spiro atoms. The van der Waals surface area contributed by atoms with Crippen molar-refractivity contribution in [3.05, 3.63) is 88.1 Å². The minimum atomic E-state index is -0.504. The SMILES string of the molecule is CC(C)N1C(=O)C(Nc2cccc3ccccc23)=C(c2ccc([N+](=O)[O-])cc2)C1=O. The van der Waals surface area contributed by atoms with E-state index >= 15 is 0 Å². The number of nitro benzene ring substituents is 1. The van der Waals surface area contributed by atoms with Gasteiger partial charge in [-0.05, 0) is 43.0 Å². The molecule has 0 radical (unpaired) electrons. The van der Waals surface area contributed by atoms with Gasteiger partial charge in [-0.3, -0.25) is 24.6 Å². The summed E-state index contributed by atoms with van der Waals surface area (Å²) in [5, 5.41) is 16.1. The Morgan fingerprint density at radius 2 is 1.57 bits per heavy atom. The first-order valence-corrected chi connectivity index (χ1v) is 9.50. The van der Waals surface area contributed by atoms with E-state index in [1.807, 2.05) is 42.5 Å². The summed E-state index contributed by atoms with van der Waals surface area (Å²) in [6.07, 6.45) is 0. The molecule has 30 heavy (non-hydrogen) atoms. The van der Waals surface area contributed by atoms with Crippen molar-refractivity contribution >= 4 is 39.5 Å². The van der Waals surface area contributed by atoms with E-state index in [0.29, 0.717) is 11.3 Å². The van der Waals surface area contributed by atoms with Gasteiger partial charge in [0.1, 0.15) is 5.70 Å². The van der Waals surface area contributed by atoms with Gasteiger partial charge in [-0.15, -0.1) is 0 Å². The Labute approximate surface area is 172 Å². The van der Waals surface area contributed by atoms with Crippen LogP contribution >= 0.6 is 0 Å². The summed E-state index contributed by atoms with van der Waals surface area (Å²) in [4.78, 5) is 37.9. The number of carbonyl (C=O) groups is 2. The maximum atomic E-state index is 13.1. The highest BCUT2D eigenvalue weighted by Crippen LogP contribution is 2.34. The van der Waals surface area contributed by atoms with Gasteiger partial charge < -0.3 is 5.32 Å². The van der Waals surface area contributed by atoms with Crippen molar-refractivity contribution in [2.24, 2.45) is 0 Å². The number of non-ortho nitro benzene ring substituents is 1. The summed E-state index contributed by atoms with van der Waals surface area (Å²) >= 11 is 0. The standard InChI is InChI=1S/C23H19N3O4/c1-14(2)25-22(27)20(16-10-12-17(13-11-16)26(29)30)21(23(25)28)24-19-9-5-7-15-6-3-4-8-18(15)19/h3-14,24H,1-2H3. The molecule has 0 atom stereocenters. The maximum absolute atomic E-state index is 13.1. The molecule has 2 amide bonds. The summed E-state index contributed by atoms with van der Waals surface area (Å²) in [5.74, 6) is -0.845. The first kappa shape index (κ1) is 19.3. The van der Waals surface area contributed by atoms with E-state index in [9.17, 15) is 19.7 Å². The number of fused-ring (bicyclic) bond motifs is 1. The van der Waals surface area contributed by atoms with Crippen molar-refractivity contribution in [1.29, 1.82) is 0 Å². The molecule has 0 saturated carbocycles. The highest BCUT2D eigenvalue weighted by Gasteiger charge is 2.40. The number of nitrogens with one attached hydrogen (secondary N) is 1. The number of nitro groups is 1. The van der Waals surface area contributed by atoms with Crippen molar-refractivity contribution in [1.82, 2.24) is 4.90 Å². The van der Waals surface area contributed by atoms with E-state index in [-0.39, 0.29) is 23.0 Å². The predicted octanol–water partition coefficient (Wildman–Crippen LogP) is 4.35. The average molecular weight is 401 g/mol. The number of benzene rings is 3. The smallest absolute Gasteiger partial charge is 0.278 e. The molecule has 4 rings (SSSR count). The third-order valence-electron chi connectivity index (χ3n) is 5.05. The molecule has 0 bridgehead atoms. The van der Waals surface area contributed by atoms with Gasteiger partial charge in [0.2, 0.25) is 0 Å². The normalized spacial score (nSPS) is 14.2. The third kappa shape index (κ3) is 3.20. The molecule has 0 aromatic heterocycles. The lowest BCUT2D eigenvalue weighted by Gasteiger charge is -2.19. The number of amides is 2. The molecule has 7 heteroatoms. The van der Waals surface area contributed by atoms with Crippen LogP contribution in [0, 0.1) is 10.1 Å². The fourth-order valence-corrected chi connectivity index (χ4v) is 3.62. The number of hydrogen-bond acceptors (Lipinski definition) is 5. The zero-order valence-corrected chi connectivity index (χ0v) is 16.5. The van der Waals surface area contributed by atoms with Crippen molar-refractivity contribution in [3.63, 3.8) is 0 Å². The van der Waals surface area contributed by atoms with Crippen LogP contribution in [0.3, 0.4) is 0 Å². The third-order valence-corrected chi connectivity index (χ3v) is 5.05. The first-order valence-electron chi connectivity index (χ1n) is 9.50. The average Bonchev–Trinajstić information content (AvgIpc) is 2.98. The van der Waals surface area contributed by atoms with Crippen LogP contribution < -0.4 is 5.32 Å². The van der Waals surface area contributed by atoms with Crippen LogP contribution in [0.5, 0.6) is 0 Å². The second-order valence-electron chi connectivity index (χ2n) is 7.28. The summed E-state index contributed by atoms with van der Waals surface area (Å²) in [6, 6.07) is 18.7. The minimum Gasteiger partial charge on any atom is -0.350 e. The van der Waals surface area contributed by atoms with E-state index in [2.05, 4.69) is 5.32 Å². The molecule has 1 N–H and O–H groups in total. The number of hydrogen-bond donors (Lipinski definition) is 1. The Kier molecular flexibility index (Phi) is 4.79. The predicted molar refractivity (Wildman–Crippen MR) is 115 cm³/mol. The maximum Gasteiger partial charge on any atom is 0.278 e.